The van der Waals surface area contributed by atoms with Crippen molar-refractivity contribution in [3.05, 3.63) is 46.5 Å². The highest BCUT2D eigenvalue weighted by molar-refractivity contribution is 5.92. The van der Waals surface area contributed by atoms with Gasteiger partial charge in [0.15, 0.2) is 0 Å². The number of rotatable bonds is 0. The lowest BCUT2D eigenvalue weighted by atomic mass is 9.85. The predicted molar refractivity (Wildman–Crippen MR) is 86.5 cm³/mol. The van der Waals surface area contributed by atoms with Crippen molar-refractivity contribution >= 4 is 10.8 Å². The monoisotopic (exact) mass is 264 g/mol. The van der Waals surface area contributed by atoms with E-state index < -0.39 is 0 Å². The highest BCUT2D eigenvalue weighted by atomic mass is 14.4. The molecule has 0 spiro atoms. The molecule has 2 aromatic carbocycles. The molecule has 0 bridgehead atoms. The lowest BCUT2D eigenvalue weighted by Gasteiger charge is -2.20. The Morgan fingerprint density at radius 3 is 1.50 bits per heavy atom. The molecule has 2 aliphatic rings. The van der Waals surface area contributed by atoms with Crippen LogP contribution in [-0.4, -0.2) is 0 Å². The van der Waals surface area contributed by atoms with Gasteiger partial charge < -0.3 is 0 Å². The van der Waals surface area contributed by atoms with Crippen LogP contribution in [0.4, 0.5) is 0 Å². The van der Waals surface area contributed by atoms with Crippen LogP contribution in [0.2, 0.25) is 0 Å². The largest absolute Gasteiger partial charge is 0.0616 e. The fourth-order valence-corrected chi connectivity index (χ4v) is 4.67. The van der Waals surface area contributed by atoms with Crippen molar-refractivity contribution < 1.29 is 0 Å². The summed E-state index contributed by atoms with van der Waals surface area (Å²) < 4.78 is 0. The lowest BCUT2D eigenvalue weighted by molar-refractivity contribution is 0.511. The summed E-state index contributed by atoms with van der Waals surface area (Å²) in [6.07, 6.45) is 2.54. The number of benzene rings is 2. The normalized spacial score (nSPS) is 31.6. The molecule has 2 aliphatic carbocycles. The van der Waals surface area contributed by atoms with Crippen molar-refractivity contribution in [1.29, 1.82) is 0 Å². The summed E-state index contributed by atoms with van der Waals surface area (Å²) >= 11 is 0. The van der Waals surface area contributed by atoms with Gasteiger partial charge >= 0.3 is 0 Å². The molecule has 4 atom stereocenters. The third-order valence-electron chi connectivity index (χ3n) is 6.19. The quantitative estimate of drug-likeness (QED) is 0.595. The highest BCUT2D eigenvalue weighted by Gasteiger charge is 2.37. The maximum Gasteiger partial charge on any atom is -0.0146 e. The average Bonchev–Trinajstić information content (AvgIpc) is 2.90. The van der Waals surface area contributed by atoms with Gasteiger partial charge in [0.1, 0.15) is 0 Å². The first kappa shape index (κ1) is 12.4. The first-order valence-corrected chi connectivity index (χ1v) is 8.15. The summed E-state index contributed by atoms with van der Waals surface area (Å²) in [5.41, 5.74) is 6.78. The Labute approximate surface area is 122 Å². The van der Waals surface area contributed by atoms with Gasteiger partial charge in [-0.05, 0) is 69.5 Å². The molecule has 0 saturated carbocycles. The topological polar surface area (TPSA) is 0 Å². The van der Waals surface area contributed by atoms with Gasteiger partial charge in [-0.3, -0.25) is 0 Å². The van der Waals surface area contributed by atoms with E-state index >= 15 is 0 Å². The fraction of sp³-hybridized carbons (Fsp3) is 0.500. The SMILES string of the molecule is C[C@@H]1Cc2c(c3c(c4ccccc24)C[C@H](C)[C@@H]3C)[C@@H]1C. The second-order valence-electron chi connectivity index (χ2n) is 7.27. The summed E-state index contributed by atoms with van der Waals surface area (Å²) in [6.45, 7) is 9.74. The molecule has 0 amide bonds. The lowest BCUT2D eigenvalue weighted by Crippen LogP contribution is -2.04. The van der Waals surface area contributed by atoms with Crippen LogP contribution >= 0.6 is 0 Å². The Hall–Kier alpha value is -1.30. The van der Waals surface area contributed by atoms with Crippen LogP contribution in [0.15, 0.2) is 24.3 Å². The average molecular weight is 264 g/mol. The van der Waals surface area contributed by atoms with Crippen molar-refractivity contribution in [2.75, 3.05) is 0 Å². The van der Waals surface area contributed by atoms with Gasteiger partial charge in [-0.15, -0.1) is 0 Å². The van der Waals surface area contributed by atoms with Gasteiger partial charge in [0.2, 0.25) is 0 Å². The Balaban J connectivity index is 2.14. The van der Waals surface area contributed by atoms with E-state index in [2.05, 4.69) is 52.0 Å². The summed E-state index contributed by atoms with van der Waals surface area (Å²) in [5, 5.41) is 3.08. The zero-order chi connectivity index (χ0) is 14.0. The fourth-order valence-electron chi connectivity index (χ4n) is 4.67. The van der Waals surface area contributed by atoms with Crippen LogP contribution in [-0.2, 0) is 12.8 Å². The molecule has 104 valence electrons. The molecule has 2 aromatic rings. The zero-order valence-corrected chi connectivity index (χ0v) is 13.0. The van der Waals surface area contributed by atoms with E-state index in [-0.39, 0.29) is 0 Å². The molecule has 0 radical (unpaired) electrons. The van der Waals surface area contributed by atoms with Crippen molar-refractivity contribution in [2.45, 2.75) is 52.4 Å². The Morgan fingerprint density at radius 1 is 0.700 bits per heavy atom. The first-order chi connectivity index (χ1) is 9.59. The van der Waals surface area contributed by atoms with E-state index in [0.29, 0.717) is 0 Å². The third kappa shape index (κ3) is 1.43. The smallest absolute Gasteiger partial charge is 0.0146 e. The molecule has 0 saturated heterocycles. The summed E-state index contributed by atoms with van der Waals surface area (Å²) in [5.74, 6) is 3.05. The zero-order valence-electron chi connectivity index (χ0n) is 13.0. The molecule has 0 heteroatoms. The minimum Gasteiger partial charge on any atom is -0.0616 e. The molecule has 4 rings (SSSR count). The third-order valence-corrected chi connectivity index (χ3v) is 6.19. The summed E-state index contributed by atoms with van der Waals surface area (Å²) in [6, 6.07) is 9.13. The van der Waals surface area contributed by atoms with E-state index in [1.54, 1.807) is 33.0 Å². The van der Waals surface area contributed by atoms with E-state index in [1.165, 1.54) is 12.8 Å². The van der Waals surface area contributed by atoms with Crippen molar-refractivity contribution in [1.82, 2.24) is 0 Å². The molecule has 20 heavy (non-hydrogen) atoms. The van der Waals surface area contributed by atoms with Gasteiger partial charge in [0.05, 0.1) is 0 Å². The van der Waals surface area contributed by atoms with Crippen LogP contribution in [0, 0.1) is 11.8 Å². The van der Waals surface area contributed by atoms with Crippen LogP contribution in [0.1, 0.15) is 61.8 Å². The van der Waals surface area contributed by atoms with Crippen LogP contribution < -0.4 is 0 Å². The molecule has 0 aromatic heterocycles. The molecule has 0 nitrogen and oxygen atoms in total. The molecule has 0 heterocycles. The minimum atomic E-state index is 0.733. The van der Waals surface area contributed by atoms with Gasteiger partial charge in [-0.1, -0.05) is 52.0 Å². The number of fused-ring (bicyclic) bond motifs is 6. The van der Waals surface area contributed by atoms with Gasteiger partial charge in [0, 0.05) is 0 Å². The molecule has 0 fully saturated rings. The number of hydrogen-bond acceptors (Lipinski definition) is 0. The van der Waals surface area contributed by atoms with Crippen molar-refractivity contribution in [3.63, 3.8) is 0 Å². The van der Waals surface area contributed by atoms with Crippen LogP contribution in [0.25, 0.3) is 10.8 Å². The Kier molecular flexibility index (Phi) is 2.55. The Bertz CT molecular complexity index is 634. The van der Waals surface area contributed by atoms with Crippen molar-refractivity contribution in [2.24, 2.45) is 11.8 Å². The highest BCUT2D eigenvalue weighted by Crippen LogP contribution is 2.51. The summed E-state index contributed by atoms with van der Waals surface area (Å²) in [4.78, 5) is 0. The van der Waals surface area contributed by atoms with E-state index in [0.717, 1.165) is 23.7 Å². The number of hydrogen-bond donors (Lipinski definition) is 0. The van der Waals surface area contributed by atoms with E-state index in [9.17, 15) is 0 Å². The van der Waals surface area contributed by atoms with Crippen LogP contribution in [0.5, 0.6) is 0 Å². The minimum absolute atomic E-state index is 0.733. The molecular formula is C20H24. The predicted octanol–water partition coefficient (Wildman–Crippen LogP) is 5.43. The molecule has 0 N–H and O–H groups in total. The maximum absolute atomic E-state index is 2.45. The molecular weight excluding hydrogens is 240 g/mol. The van der Waals surface area contributed by atoms with Gasteiger partial charge in [0.25, 0.3) is 0 Å². The van der Waals surface area contributed by atoms with Crippen LogP contribution in [0.3, 0.4) is 0 Å². The maximum atomic E-state index is 2.45. The first-order valence-electron chi connectivity index (χ1n) is 8.15. The van der Waals surface area contributed by atoms with Crippen molar-refractivity contribution in [3.8, 4) is 0 Å². The molecule has 0 aliphatic heterocycles. The van der Waals surface area contributed by atoms with Gasteiger partial charge in [-0.2, -0.15) is 0 Å². The van der Waals surface area contributed by atoms with E-state index in [4.69, 9.17) is 0 Å². The second kappa shape index (κ2) is 4.10. The summed E-state index contributed by atoms with van der Waals surface area (Å²) in [7, 11) is 0. The molecule has 0 unspecified atom stereocenters. The van der Waals surface area contributed by atoms with E-state index in [1.807, 2.05) is 0 Å². The second-order valence-corrected chi connectivity index (χ2v) is 7.27. The standard InChI is InChI=1S/C20H24/c1-11-9-17-15-7-5-6-8-16(15)18-10-12(2)14(4)20(18)19(17)13(11)3/h5-8,11-14H,9-10H2,1-4H3/t11-,12+,13-,14+. The van der Waals surface area contributed by atoms with Gasteiger partial charge in [-0.25, -0.2) is 0 Å². The Morgan fingerprint density at radius 2 is 1.10 bits per heavy atom.